The second kappa shape index (κ2) is 5.90. The maximum absolute atomic E-state index is 9.61. The van der Waals surface area contributed by atoms with Crippen LogP contribution in [0.5, 0.6) is 5.75 Å². The average Bonchev–Trinajstić information content (AvgIpc) is 2.22. The van der Waals surface area contributed by atoms with Gasteiger partial charge in [-0.05, 0) is 49.9 Å². The van der Waals surface area contributed by atoms with Crippen molar-refractivity contribution in [2.24, 2.45) is 5.92 Å². The largest absolute Gasteiger partial charge is 0.508 e. The highest BCUT2D eigenvalue weighted by Crippen LogP contribution is 2.20. The van der Waals surface area contributed by atoms with Gasteiger partial charge in [0, 0.05) is 6.04 Å². The summed E-state index contributed by atoms with van der Waals surface area (Å²) in [6.45, 7) is 9.61. The van der Waals surface area contributed by atoms with Crippen molar-refractivity contribution >= 4 is 0 Å². The summed E-state index contributed by atoms with van der Waals surface area (Å²) in [5.41, 5.74) is 2.23. The molecule has 1 aromatic rings. The first kappa shape index (κ1) is 13.0. The Morgan fingerprint density at radius 1 is 1.25 bits per heavy atom. The van der Waals surface area contributed by atoms with Gasteiger partial charge in [-0.1, -0.05) is 26.0 Å². The van der Waals surface area contributed by atoms with Crippen molar-refractivity contribution in [1.82, 2.24) is 5.32 Å². The molecule has 0 saturated carbocycles. The van der Waals surface area contributed by atoms with Crippen LogP contribution in [0.1, 0.15) is 31.9 Å². The van der Waals surface area contributed by atoms with Gasteiger partial charge in [-0.25, -0.2) is 0 Å². The van der Waals surface area contributed by atoms with Crippen molar-refractivity contribution in [3.05, 3.63) is 29.3 Å². The number of phenolic OH excluding ortho intramolecular Hbond substituents is 1. The van der Waals surface area contributed by atoms with Gasteiger partial charge in [-0.2, -0.15) is 0 Å². The van der Waals surface area contributed by atoms with E-state index in [4.69, 9.17) is 0 Å². The van der Waals surface area contributed by atoms with Gasteiger partial charge in [-0.3, -0.25) is 0 Å². The van der Waals surface area contributed by atoms with E-state index in [1.807, 2.05) is 13.0 Å². The maximum Gasteiger partial charge on any atom is 0.118 e. The van der Waals surface area contributed by atoms with Gasteiger partial charge >= 0.3 is 0 Å². The lowest BCUT2D eigenvalue weighted by Crippen LogP contribution is -2.31. The summed E-state index contributed by atoms with van der Waals surface area (Å²) in [5, 5.41) is 13.1. The van der Waals surface area contributed by atoms with Crippen molar-refractivity contribution in [2.75, 3.05) is 6.54 Å². The van der Waals surface area contributed by atoms with Gasteiger partial charge in [0.05, 0.1) is 0 Å². The van der Waals surface area contributed by atoms with Crippen LogP contribution in [0.2, 0.25) is 0 Å². The van der Waals surface area contributed by atoms with E-state index in [0.29, 0.717) is 17.7 Å². The zero-order chi connectivity index (χ0) is 12.1. The highest BCUT2D eigenvalue weighted by Gasteiger charge is 2.07. The van der Waals surface area contributed by atoms with Gasteiger partial charge < -0.3 is 10.4 Å². The third kappa shape index (κ3) is 3.86. The number of phenols is 1. The molecule has 0 bridgehead atoms. The van der Waals surface area contributed by atoms with E-state index in [-0.39, 0.29) is 0 Å². The first-order valence-corrected chi connectivity index (χ1v) is 6.01. The fourth-order valence-corrected chi connectivity index (χ4v) is 1.73. The monoisotopic (exact) mass is 221 g/mol. The Morgan fingerprint density at radius 2 is 1.94 bits per heavy atom. The molecule has 0 radical (unpaired) electrons. The molecule has 16 heavy (non-hydrogen) atoms. The predicted molar refractivity (Wildman–Crippen MR) is 68.9 cm³/mol. The lowest BCUT2D eigenvalue weighted by Gasteiger charge is -2.17. The molecule has 2 heteroatoms. The Kier molecular flexibility index (Phi) is 4.81. The second-order valence-electron chi connectivity index (χ2n) is 4.97. The lowest BCUT2D eigenvalue weighted by molar-refractivity contribution is 0.464. The molecular formula is C14H23NO. The molecule has 90 valence electrons. The number of rotatable bonds is 5. The molecule has 0 amide bonds. The summed E-state index contributed by atoms with van der Waals surface area (Å²) in [5.74, 6) is 1.07. The van der Waals surface area contributed by atoms with E-state index in [9.17, 15) is 5.11 Å². The zero-order valence-electron chi connectivity index (χ0n) is 10.7. The van der Waals surface area contributed by atoms with Crippen molar-refractivity contribution in [1.29, 1.82) is 0 Å². The van der Waals surface area contributed by atoms with Crippen molar-refractivity contribution < 1.29 is 5.11 Å². The van der Waals surface area contributed by atoms with E-state index in [1.54, 1.807) is 6.07 Å². The molecule has 0 aromatic heterocycles. The second-order valence-corrected chi connectivity index (χ2v) is 4.97. The van der Waals surface area contributed by atoms with Gasteiger partial charge in [0.15, 0.2) is 0 Å². The SMILES string of the molecule is Cc1c(O)cccc1CC(C)NCC(C)C. The molecule has 1 atom stereocenters. The maximum atomic E-state index is 9.61. The summed E-state index contributed by atoms with van der Waals surface area (Å²) in [7, 11) is 0. The summed E-state index contributed by atoms with van der Waals surface area (Å²) in [6.07, 6.45) is 0.965. The molecule has 2 N–H and O–H groups in total. The van der Waals surface area contributed by atoms with Crippen molar-refractivity contribution in [3.63, 3.8) is 0 Å². The van der Waals surface area contributed by atoms with Crippen LogP contribution < -0.4 is 5.32 Å². The van der Waals surface area contributed by atoms with E-state index in [1.165, 1.54) is 5.56 Å². The Hall–Kier alpha value is -1.02. The molecule has 0 aliphatic carbocycles. The minimum Gasteiger partial charge on any atom is -0.508 e. The van der Waals surface area contributed by atoms with E-state index in [0.717, 1.165) is 18.5 Å². The van der Waals surface area contributed by atoms with Crippen LogP contribution >= 0.6 is 0 Å². The number of aromatic hydroxyl groups is 1. The Balaban J connectivity index is 2.56. The van der Waals surface area contributed by atoms with E-state index < -0.39 is 0 Å². The highest BCUT2D eigenvalue weighted by atomic mass is 16.3. The topological polar surface area (TPSA) is 32.3 Å². The predicted octanol–water partition coefficient (Wildman–Crippen LogP) is 2.88. The summed E-state index contributed by atoms with van der Waals surface area (Å²) in [4.78, 5) is 0. The molecule has 1 rings (SSSR count). The first-order valence-electron chi connectivity index (χ1n) is 6.01. The smallest absolute Gasteiger partial charge is 0.118 e. The normalized spacial score (nSPS) is 13.1. The van der Waals surface area contributed by atoms with E-state index in [2.05, 4.69) is 32.2 Å². The Labute approximate surface area is 98.7 Å². The third-order valence-electron chi connectivity index (χ3n) is 2.82. The molecule has 0 spiro atoms. The standard InChI is InChI=1S/C14H23NO/c1-10(2)9-15-11(3)8-13-6-5-7-14(16)12(13)4/h5-7,10-11,15-16H,8-9H2,1-4H3. The van der Waals surface area contributed by atoms with Crippen LogP contribution in [0.3, 0.4) is 0 Å². The minimum atomic E-state index is 0.397. The van der Waals surface area contributed by atoms with Gasteiger partial charge in [0.1, 0.15) is 5.75 Å². The van der Waals surface area contributed by atoms with Gasteiger partial charge in [0.2, 0.25) is 0 Å². The molecule has 0 aliphatic rings. The van der Waals surface area contributed by atoms with E-state index >= 15 is 0 Å². The molecule has 0 heterocycles. The number of nitrogens with one attached hydrogen (secondary N) is 1. The number of benzene rings is 1. The van der Waals surface area contributed by atoms with Crippen LogP contribution in [-0.4, -0.2) is 17.7 Å². The van der Waals surface area contributed by atoms with Crippen LogP contribution in [0.15, 0.2) is 18.2 Å². The molecule has 0 saturated heterocycles. The highest BCUT2D eigenvalue weighted by molar-refractivity contribution is 5.38. The zero-order valence-corrected chi connectivity index (χ0v) is 10.7. The van der Waals surface area contributed by atoms with Crippen LogP contribution in [0, 0.1) is 12.8 Å². The first-order chi connectivity index (χ1) is 7.50. The fourth-order valence-electron chi connectivity index (χ4n) is 1.73. The number of hydrogen-bond acceptors (Lipinski definition) is 2. The quantitative estimate of drug-likeness (QED) is 0.801. The van der Waals surface area contributed by atoms with Gasteiger partial charge in [-0.15, -0.1) is 0 Å². The summed E-state index contributed by atoms with van der Waals surface area (Å²) in [6, 6.07) is 6.18. The fraction of sp³-hybridized carbons (Fsp3) is 0.571. The van der Waals surface area contributed by atoms with Gasteiger partial charge in [0.25, 0.3) is 0 Å². The molecule has 1 unspecified atom stereocenters. The molecule has 2 nitrogen and oxygen atoms in total. The summed E-state index contributed by atoms with van der Waals surface area (Å²) < 4.78 is 0. The van der Waals surface area contributed by atoms with Crippen LogP contribution in [0.25, 0.3) is 0 Å². The average molecular weight is 221 g/mol. The Morgan fingerprint density at radius 3 is 2.56 bits per heavy atom. The van der Waals surface area contributed by atoms with Crippen molar-refractivity contribution in [2.45, 2.75) is 40.2 Å². The molecule has 0 aliphatic heterocycles. The number of hydrogen-bond donors (Lipinski definition) is 2. The lowest BCUT2D eigenvalue weighted by atomic mass is 10.0. The Bertz CT molecular complexity index is 334. The minimum absolute atomic E-state index is 0.397. The molecular weight excluding hydrogens is 198 g/mol. The molecule has 0 fully saturated rings. The van der Waals surface area contributed by atoms with Crippen LogP contribution in [0.4, 0.5) is 0 Å². The van der Waals surface area contributed by atoms with Crippen molar-refractivity contribution in [3.8, 4) is 5.75 Å². The molecule has 1 aromatic carbocycles. The summed E-state index contributed by atoms with van der Waals surface area (Å²) >= 11 is 0. The third-order valence-corrected chi connectivity index (χ3v) is 2.82. The van der Waals surface area contributed by atoms with Crippen LogP contribution in [-0.2, 0) is 6.42 Å².